The van der Waals surface area contributed by atoms with Crippen LogP contribution < -0.4 is 0 Å². The molecule has 0 bridgehead atoms. The fourth-order valence-electron chi connectivity index (χ4n) is 4.33. The summed E-state index contributed by atoms with van der Waals surface area (Å²) >= 11 is 0. The largest absolute Gasteiger partial charge is 0.396 e. The minimum absolute atomic E-state index is 0.0135. The Morgan fingerprint density at radius 3 is 2.73 bits per heavy atom. The van der Waals surface area contributed by atoms with E-state index in [0.717, 1.165) is 6.54 Å². The van der Waals surface area contributed by atoms with Crippen LogP contribution in [0.5, 0.6) is 0 Å². The SMILES string of the molecule is O=C(c1ccccc1)N1C[C@@H]2CN(Cc3ccncc3F)C[C@]2(CO)C1. The van der Waals surface area contributed by atoms with Gasteiger partial charge in [0.05, 0.1) is 12.8 Å². The van der Waals surface area contributed by atoms with Crippen LogP contribution in [0, 0.1) is 17.2 Å². The molecule has 136 valence electrons. The van der Waals surface area contributed by atoms with E-state index >= 15 is 0 Å². The monoisotopic (exact) mass is 355 g/mol. The third-order valence-electron chi connectivity index (χ3n) is 5.70. The smallest absolute Gasteiger partial charge is 0.253 e. The van der Waals surface area contributed by atoms with Crippen LogP contribution in [0.25, 0.3) is 0 Å². The van der Waals surface area contributed by atoms with Crippen LogP contribution in [0.15, 0.2) is 48.8 Å². The van der Waals surface area contributed by atoms with Gasteiger partial charge >= 0.3 is 0 Å². The second-order valence-electron chi connectivity index (χ2n) is 7.41. The molecule has 2 aromatic rings. The summed E-state index contributed by atoms with van der Waals surface area (Å²) in [6, 6.07) is 10.9. The number of amides is 1. The molecule has 6 heteroatoms. The lowest BCUT2D eigenvalue weighted by atomic mass is 9.82. The van der Waals surface area contributed by atoms with Crippen LogP contribution >= 0.6 is 0 Å². The molecule has 4 rings (SSSR count). The number of carbonyl (C=O) groups excluding carboxylic acids is 1. The Morgan fingerprint density at radius 2 is 2.04 bits per heavy atom. The van der Waals surface area contributed by atoms with E-state index in [1.54, 1.807) is 12.3 Å². The molecule has 3 heterocycles. The van der Waals surface area contributed by atoms with Crippen LogP contribution in [0.2, 0.25) is 0 Å². The molecule has 0 unspecified atom stereocenters. The second kappa shape index (κ2) is 6.78. The van der Waals surface area contributed by atoms with Gasteiger partial charge in [0.25, 0.3) is 5.91 Å². The highest BCUT2D eigenvalue weighted by molar-refractivity contribution is 5.94. The number of aliphatic hydroxyl groups excluding tert-OH is 1. The van der Waals surface area contributed by atoms with Crippen LogP contribution in [-0.4, -0.2) is 58.6 Å². The molecule has 0 saturated carbocycles. The number of hydrogen-bond donors (Lipinski definition) is 1. The number of aliphatic hydroxyl groups is 1. The Bertz CT molecular complexity index is 801. The van der Waals surface area contributed by atoms with Gasteiger partial charge in [-0.05, 0) is 24.1 Å². The number of likely N-dealkylation sites (tertiary alicyclic amines) is 2. The van der Waals surface area contributed by atoms with Crippen molar-refractivity contribution in [2.75, 3.05) is 32.8 Å². The molecule has 2 saturated heterocycles. The summed E-state index contributed by atoms with van der Waals surface area (Å²) < 4.78 is 13.9. The fourth-order valence-corrected chi connectivity index (χ4v) is 4.33. The van der Waals surface area contributed by atoms with Gasteiger partial charge in [0, 0.05) is 55.5 Å². The average molecular weight is 355 g/mol. The molecule has 2 aliphatic heterocycles. The van der Waals surface area contributed by atoms with Crippen molar-refractivity contribution >= 4 is 5.91 Å². The van der Waals surface area contributed by atoms with Gasteiger partial charge in [0.1, 0.15) is 5.82 Å². The molecule has 26 heavy (non-hydrogen) atoms. The predicted molar refractivity (Wildman–Crippen MR) is 94.8 cm³/mol. The van der Waals surface area contributed by atoms with Gasteiger partial charge in [-0.1, -0.05) is 18.2 Å². The minimum Gasteiger partial charge on any atom is -0.396 e. The van der Waals surface area contributed by atoms with E-state index in [2.05, 4.69) is 9.88 Å². The molecule has 2 aliphatic rings. The van der Waals surface area contributed by atoms with E-state index < -0.39 is 0 Å². The summed E-state index contributed by atoms with van der Waals surface area (Å²) in [6.07, 6.45) is 2.83. The highest BCUT2D eigenvalue weighted by Gasteiger charge is 2.53. The molecular weight excluding hydrogens is 333 g/mol. The minimum atomic E-state index is -0.325. The van der Waals surface area contributed by atoms with Gasteiger partial charge in [-0.2, -0.15) is 0 Å². The van der Waals surface area contributed by atoms with Crippen molar-refractivity contribution in [2.45, 2.75) is 6.54 Å². The quantitative estimate of drug-likeness (QED) is 0.909. The number of hydrogen-bond acceptors (Lipinski definition) is 4. The summed E-state index contributed by atoms with van der Waals surface area (Å²) in [5.41, 5.74) is 0.968. The maximum atomic E-state index is 13.9. The highest BCUT2D eigenvalue weighted by atomic mass is 19.1. The Labute approximate surface area is 152 Å². The van der Waals surface area contributed by atoms with Crippen molar-refractivity contribution in [3.63, 3.8) is 0 Å². The Balaban J connectivity index is 1.46. The number of pyridine rings is 1. The summed E-state index contributed by atoms with van der Waals surface area (Å²) in [7, 11) is 0. The van der Waals surface area contributed by atoms with Crippen LogP contribution in [0.3, 0.4) is 0 Å². The lowest BCUT2D eigenvalue weighted by Crippen LogP contribution is -2.38. The Morgan fingerprint density at radius 1 is 1.23 bits per heavy atom. The van der Waals surface area contributed by atoms with Gasteiger partial charge in [0.15, 0.2) is 0 Å². The number of nitrogens with zero attached hydrogens (tertiary/aromatic N) is 3. The van der Waals surface area contributed by atoms with Crippen LogP contribution in [0.4, 0.5) is 4.39 Å². The van der Waals surface area contributed by atoms with Crippen molar-refractivity contribution in [3.8, 4) is 0 Å². The predicted octanol–water partition coefficient (Wildman–Crippen LogP) is 1.79. The molecule has 0 radical (unpaired) electrons. The average Bonchev–Trinajstić information content (AvgIpc) is 3.18. The standard InChI is InChI=1S/C20H22FN3O2/c21-18-8-22-7-6-16(18)9-23-10-17-11-24(13-20(17,12-23)14-25)19(26)15-4-2-1-3-5-15/h1-8,17,25H,9-14H2/t17-,20+/m0/s1. The maximum Gasteiger partial charge on any atom is 0.253 e. The first kappa shape index (κ1) is 17.1. The first-order chi connectivity index (χ1) is 12.6. The zero-order chi connectivity index (χ0) is 18.1. The number of aromatic nitrogens is 1. The number of fused-ring (bicyclic) bond motifs is 1. The molecule has 5 nitrogen and oxygen atoms in total. The molecule has 1 aromatic carbocycles. The van der Waals surface area contributed by atoms with Gasteiger partial charge in [-0.3, -0.25) is 14.7 Å². The fraction of sp³-hybridized carbons (Fsp3) is 0.400. The summed E-state index contributed by atoms with van der Waals surface area (Å²) in [4.78, 5) is 20.5. The third-order valence-corrected chi connectivity index (χ3v) is 5.70. The van der Waals surface area contributed by atoms with Crippen LogP contribution in [-0.2, 0) is 6.54 Å². The van der Waals surface area contributed by atoms with Gasteiger partial charge < -0.3 is 10.0 Å². The van der Waals surface area contributed by atoms with E-state index in [-0.39, 0.29) is 29.7 Å². The third kappa shape index (κ3) is 2.99. The topological polar surface area (TPSA) is 56.7 Å². The molecule has 2 fully saturated rings. The number of halogens is 1. The maximum absolute atomic E-state index is 13.9. The Hall–Kier alpha value is -2.31. The van der Waals surface area contributed by atoms with Gasteiger partial charge in [-0.15, -0.1) is 0 Å². The zero-order valence-electron chi connectivity index (χ0n) is 14.5. The molecule has 0 spiro atoms. The first-order valence-electron chi connectivity index (χ1n) is 8.87. The molecular formula is C20H22FN3O2. The lowest BCUT2D eigenvalue weighted by Gasteiger charge is -2.27. The summed E-state index contributed by atoms with van der Waals surface area (Å²) in [6.45, 7) is 3.11. The first-order valence-corrected chi connectivity index (χ1v) is 8.87. The molecule has 1 amide bonds. The van der Waals surface area contributed by atoms with E-state index in [9.17, 15) is 14.3 Å². The van der Waals surface area contributed by atoms with Crippen molar-refractivity contribution in [2.24, 2.45) is 11.3 Å². The summed E-state index contributed by atoms with van der Waals surface area (Å²) in [5.74, 6) is -0.0897. The molecule has 1 N–H and O–H groups in total. The second-order valence-corrected chi connectivity index (χ2v) is 7.41. The van der Waals surface area contributed by atoms with Gasteiger partial charge in [0.2, 0.25) is 0 Å². The zero-order valence-corrected chi connectivity index (χ0v) is 14.5. The molecule has 2 atom stereocenters. The molecule has 1 aromatic heterocycles. The van der Waals surface area contributed by atoms with Crippen molar-refractivity contribution in [1.29, 1.82) is 0 Å². The van der Waals surface area contributed by atoms with Crippen molar-refractivity contribution < 1.29 is 14.3 Å². The van der Waals surface area contributed by atoms with Crippen molar-refractivity contribution in [1.82, 2.24) is 14.8 Å². The van der Waals surface area contributed by atoms with E-state index in [0.29, 0.717) is 37.3 Å². The lowest BCUT2D eigenvalue weighted by molar-refractivity contribution is 0.0718. The molecule has 0 aliphatic carbocycles. The highest BCUT2D eigenvalue weighted by Crippen LogP contribution is 2.43. The van der Waals surface area contributed by atoms with E-state index in [1.807, 2.05) is 35.2 Å². The number of carbonyl (C=O) groups is 1. The van der Waals surface area contributed by atoms with Crippen molar-refractivity contribution in [3.05, 3.63) is 65.7 Å². The van der Waals surface area contributed by atoms with E-state index in [1.165, 1.54) is 6.20 Å². The normalized spacial score (nSPS) is 25.5. The van der Waals surface area contributed by atoms with E-state index in [4.69, 9.17) is 0 Å². The van der Waals surface area contributed by atoms with Crippen LogP contribution in [0.1, 0.15) is 15.9 Å². The number of rotatable bonds is 4. The summed E-state index contributed by atoms with van der Waals surface area (Å²) in [5, 5.41) is 10.1. The van der Waals surface area contributed by atoms with Gasteiger partial charge in [-0.25, -0.2) is 4.39 Å². The Kier molecular flexibility index (Phi) is 4.46. The number of benzene rings is 1.